The minimum Gasteiger partial charge on any atom is -0.497 e. The summed E-state index contributed by atoms with van der Waals surface area (Å²) in [5, 5.41) is 10.4. The molecule has 1 unspecified atom stereocenters. The van der Waals surface area contributed by atoms with Crippen LogP contribution < -0.4 is 20.1 Å². The number of hydrogen-bond acceptors (Lipinski definition) is 5. The highest BCUT2D eigenvalue weighted by Crippen LogP contribution is 2.39. The average molecular weight is 420 g/mol. The molecule has 8 nitrogen and oxygen atoms in total. The summed E-state index contributed by atoms with van der Waals surface area (Å²) in [4.78, 5) is 25.3. The lowest BCUT2D eigenvalue weighted by Crippen LogP contribution is -2.24. The minimum absolute atomic E-state index is 0.0293. The molecule has 8 heteroatoms. The Kier molecular flexibility index (Phi) is 5.62. The number of anilines is 2. The van der Waals surface area contributed by atoms with Gasteiger partial charge in [-0.1, -0.05) is 25.1 Å². The lowest BCUT2D eigenvalue weighted by atomic mass is 10.0. The monoisotopic (exact) mass is 420 g/mol. The SMILES string of the molecule is CCc1nn2c(c1-c1cccc(OC)c1)NC(=O)C2CC(=O)Nc1cccc(OC)c1. The molecule has 0 radical (unpaired) electrons. The number of aromatic nitrogens is 2. The zero-order chi connectivity index (χ0) is 22.0. The first-order valence-electron chi connectivity index (χ1n) is 10.0. The van der Waals surface area contributed by atoms with Crippen molar-refractivity contribution in [1.29, 1.82) is 0 Å². The molecular formula is C23H24N4O4. The van der Waals surface area contributed by atoms with E-state index in [2.05, 4.69) is 15.7 Å². The first-order chi connectivity index (χ1) is 15.0. The number of carbonyl (C=O) groups is 2. The van der Waals surface area contributed by atoms with Crippen LogP contribution in [0.5, 0.6) is 11.5 Å². The minimum atomic E-state index is -0.717. The van der Waals surface area contributed by atoms with Crippen LogP contribution in [0.4, 0.5) is 11.5 Å². The predicted molar refractivity (Wildman–Crippen MR) is 118 cm³/mol. The quantitative estimate of drug-likeness (QED) is 0.608. The Labute approximate surface area is 180 Å². The van der Waals surface area contributed by atoms with Crippen LogP contribution in [0.15, 0.2) is 48.5 Å². The maximum absolute atomic E-state index is 12.7. The maximum atomic E-state index is 12.7. The van der Waals surface area contributed by atoms with Gasteiger partial charge in [-0.2, -0.15) is 5.10 Å². The summed E-state index contributed by atoms with van der Waals surface area (Å²) in [5.74, 6) is 1.43. The number of fused-ring (bicyclic) bond motifs is 1. The normalized spacial score (nSPS) is 14.7. The molecule has 0 spiro atoms. The van der Waals surface area contributed by atoms with Crippen LogP contribution in [-0.4, -0.2) is 35.8 Å². The summed E-state index contributed by atoms with van der Waals surface area (Å²) in [6, 6.07) is 14.0. The standard InChI is InChI=1S/C23H24N4O4/c1-4-18-21(14-7-5-9-16(11-14)30-2)22-25-23(29)19(27(22)26-18)13-20(28)24-15-8-6-10-17(12-15)31-3/h5-12,19H,4,13H2,1-3H3,(H,24,28)(H,25,29). The Morgan fingerprint density at radius 1 is 1.13 bits per heavy atom. The van der Waals surface area contributed by atoms with Crippen molar-refractivity contribution in [2.45, 2.75) is 25.8 Å². The van der Waals surface area contributed by atoms with E-state index >= 15 is 0 Å². The molecule has 1 atom stereocenters. The van der Waals surface area contributed by atoms with Gasteiger partial charge in [0.2, 0.25) is 5.91 Å². The summed E-state index contributed by atoms with van der Waals surface area (Å²) in [5.41, 5.74) is 3.21. The topological polar surface area (TPSA) is 94.5 Å². The van der Waals surface area contributed by atoms with Crippen molar-refractivity contribution in [1.82, 2.24) is 9.78 Å². The van der Waals surface area contributed by atoms with E-state index in [1.807, 2.05) is 31.2 Å². The molecule has 0 bridgehead atoms. The number of hydrogen-bond donors (Lipinski definition) is 2. The highest BCUT2D eigenvalue weighted by molar-refractivity contribution is 6.04. The van der Waals surface area contributed by atoms with E-state index in [4.69, 9.17) is 9.47 Å². The van der Waals surface area contributed by atoms with Crippen molar-refractivity contribution in [3.8, 4) is 22.6 Å². The lowest BCUT2D eigenvalue weighted by molar-refractivity contribution is -0.123. The third-order valence-corrected chi connectivity index (χ3v) is 5.25. The van der Waals surface area contributed by atoms with Gasteiger partial charge in [0.1, 0.15) is 23.4 Å². The molecule has 1 aliphatic rings. The molecule has 2 N–H and O–H groups in total. The van der Waals surface area contributed by atoms with E-state index in [9.17, 15) is 9.59 Å². The lowest BCUT2D eigenvalue weighted by Gasteiger charge is -2.11. The van der Waals surface area contributed by atoms with Gasteiger partial charge in [-0.3, -0.25) is 9.59 Å². The van der Waals surface area contributed by atoms with Gasteiger partial charge >= 0.3 is 0 Å². The molecule has 4 rings (SSSR count). The van der Waals surface area contributed by atoms with E-state index in [0.29, 0.717) is 23.7 Å². The van der Waals surface area contributed by atoms with Crippen LogP contribution in [0.3, 0.4) is 0 Å². The highest BCUT2D eigenvalue weighted by Gasteiger charge is 2.36. The smallest absolute Gasteiger partial charge is 0.251 e. The fourth-order valence-electron chi connectivity index (χ4n) is 3.73. The average Bonchev–Trinajstić information content (AvgIpc) is 3.29. The van der Waals surface area contributed by atoms with Gasteiger partial charge in [-0.05, 0) is 36.2 Å². The van der Waals surface area contributed by atoms with Gasteiger partial charge in [0.25, 0.3) is 5.91 Å². The summed E-state index contributed by atoms with van der Waals surface area (Å²) < 4.78 is 12.1. The number of ether oxygens (including phenoxy) is 2. The largest absolute Gasteiger partial charge is 0.497 e. The molecule has 0 saturated heterocycles. The van der Waals surface area contributed by atoms with Crippen molar-refractivity contribution < 1.29 is 19.1 Å². The molecule has 0 fully saturated rings. The molecule has 2 aromatic carbocycles. The fourth-order valence-corrected chi connectivity index (χ4v) is 3.73. The molecule has 3 aromatic rings. The third kappa shape index (κ3) is 3.96. The van der Waals surface area contributed by atoms with Crippen molar-refractivity contribution >= 4 is 23.3 Å². The highest BCUT2D eigenvalue weighted by atomic mass is 16.5. The summed E-state index contributed by atoms with van der Waals surface area (Å²) in [7, 11) is 3.18. The molecule has 31 heavy (non-hydrogen) atoms. The number of methoxy groups -OCH3 is 2. The Morgan fingerprint density at radius 2 is 1.84 bits per heavy atom. The Balaban J connectivity index is 1.60. The fraction of sp³-hybridized carbons (Fsp3) is 0.261. The van der Waals surface area contributed by atoms with Crippen LogP contribution in [0.1, 0.15) is 25.1 Å². The van der Waals surface area contributed by atoms with E-state index in [1.165, 1.54) is 0 Å². The Hall–Kier alpha value is -3.81. The number of nitrogens with one attached hydrogen (secondary N) is 2. The van der Waals surface area contributed by atoms with Crippen molar-refractivity contribution in [3.05, 3.63) is 54.2 Å². The second-order valence-electron chi connectivity index (χ2n) is 7.19. The second-order valence-corrected chi connectivity index (χ2v) is 7.19. The van der Waals surface area contributed by atoms with Gasteiger partial charge in [0.15, 0.2) is 0 Å². The molecule has 2 amide bonds. The molecule has 160 valence electrons. The van der Waals surface area contributed by atoms with Gasteiger partial charge in [-0.25, -0.2) is 4.68 Å². The van der Waals surface area contributed by atoms with E-state index < -0.39 is 6.04 Å². The van der Waals surface area contributed by atoms with Crippen LogP contribution in [-0.2, 0) is 16.0 Å². The molecule has 0 saturated carbocycles. The molecule has 2 heterocycles. The summed E-state index contributed by atoms with van der Waals surface area (Å²) >= 11 is 0. The first kappa shape index (κ1) is 20.5. The third-order valence-electron chi connectivity index (χ3n) is 5.25. The zero-order valence-electron chi connectivity index (χ0n) is 17.6. The van der Waals surface area contributed by atoms with Gasteiger partial charge in [-0.15, -0.1) is 0 Å². The molecule has 0 aliphatic carbocycles. The molecule has 1 aliphatic heterocycles. The number of carbonyl (C=O) groups excluding carboxylic acids is 2. The molecular weight excluding hydrogens is 396 g/mol. The van der Waals surface area contributed by atoms with Gasteiger partial charge in [0, 0.05) is 17.3 Å². The maximum Gasteiger partial charge on any atom is 0.251 e. The second kappa shape index (κ2) is 8.51. The van der Waals surface area contributed by atoms with E-state index in [-0.39, 0.29) is 18.2 Å². The van der Waals surface area contributed by atoms with Crippen LogP contribution in [0, 0.1) is 0 Å². The van der Waals surface area contributed by atoms with Crippen molar-refractivity contribution in [2.24, 2.45) is 0 Å². The van der Waals surface area contributed by atoms with Gasteiger partial charge < -0.3 is 20.1 Å². The number of aryl methyl sites for hydroxylation is 1. The van der Waals surface area contributed by atoms with Crippen LogP contribution in [0.25, 0.3) is 11.1 Å². The first-order valence-corrected chi connectivity index (χ1v) is 10.0. The van der Waals surface area contributed by atoms with Crippen molar-refractivity contribution in [2.75, 3.05) is 24.9 Å². The number of amides is 2. The summed E-state index contributed by atoms with van der Waals surface area (Å²) in [6.45, 7) is 2.01. The number of benzene rings is 2. The Morgan fingerprint density at radius 3 is 2.55 bits per heavy atom. The van der Waals surface area contributed by atoms with Crippen LogP contribution >= 0.6 is 0 Å². The van der Waals surface area contributed by atoms with E-state index in [0.717, 1.165) is 22.6 Å². The number of rotatable bonds is 7. The Bertz CT molecular complexity index is 1140. The molecule has 1 aromatic heterocycles. The van der Waals surface area contributed by atoms with E-state index in [1.54, 1.807) is 43.2 Å². The van der Waals surface area contributed by atoms with Gasteiger partial charge in [0.05, 0.1) is 26.3 Å². The predicted octanol–water partition coefficient (Wildman–Crippen LogP) is 3.65. The number of nitrogens with zero attached hydrogens (tertiary/aromatic N) is 2. The van der Waals surface area contributed by atoms with Crippen LogP contribution in [0.2, 0.25) is 0 Å². The van der Waals surface area contributed by atoms with Crippen molar-refractivity contribution in [3.63, 3.8) is 0 Å². The summed E-state index contributed by atoms with van der Waals surface area (Å²) in [6.07, 6.45) is 0.656. The zero-order valence-corrected chi connectivity index (χ0v) is 17.6.